The Kier molecular flexibility index (Phi) is 6.13. The minimum Gasteiger partial charge on any atom is -0.336 e. The molecule has 0 unspecified atom stereocenters. The topological polar surface area (TPSA) is 66.7 Å². The second-order valence-electron chi connectivity index (χ2n) is 6.78. The Morgan fingerprint density at radius 2 is 1.74 bits per heavy atom. The zero-order valence-electron chi connectivity index (χ0n) is 15.5. The van der Waals surface area contributed by atoms with Crippen LogP contribution in [0.25, 0.3) is 0 Å². The molecule has 0 atom stereocenters. The lowest BCUT2D eigenvalue weighted by Crippen LogP contribution is -2.50. The highest BCUT2D eigenvalue weighted by Crippen LogP contribution is 2.35. The van der Waals surface area contributed by atoms with Gasteiger partial charge in [0.05, 0.1) is 9.82 Å². The molecular formula is C20H23N3O3S. The summed E-state index contributed by atoms with van der Waals surface area (Å²) < 4.78 is 0. The van der Waals surface area contributed by atoms with Crippen molar-refractivity contribution in [1.29, 1.82) is 0 Å². The summed E-state index contributed by atoms with van der Waals surface area (Å²) in [6.45, 7) is 7.23. The van der Waals surface area contributed by atoms with Gasteiger partial charge in [0.1, 0.15) is 0 Å². The van der Waals surface area contributed by atoms with E-state index in [1.165, 1.54) is 17.8 Å². The van der Waals surface area contributed by atoms with Crippen molar-refractivity contribution in [1.82, 2.24) is 9.80 Å². The third-order valence-electron chi connectivity index (χ3n) is 4.71. The quantitative estimate of drug-likeness (QED) is 0.577. The van der Waals surface area contributed by atoms with Crippen molar-refractivity contribution in [3.8, 4) is 0 Å². The van der Waals surface area contributed by atoms with E-state index in [1.54, 1.807) is 17.0 Å². The molecule has 1 amide bonds. The zero-order chi connectivity index (χ0) is 19.4. The smallest absolute Gasteiger partial charge is 0.284 e. The van der Waals surface area contributed by atoms with E-state index in [0.717, 1.165) is 18.0 Å². The van der Waals surface area contributed by atoms with Crippen LogP contribution < -0.4 is 0 Å². The first kappa shape index (κ1) is 19.4. The number of piperazine rings is 1. The number of amides is 1. The summed E-state index contributed by atoms with van der Waals surface area (Å²) in [6, 6.07) is 14.7. The summed E-state index contributed by atoms with van der Waals surface area (Å²) in [5, 5.41) is 11.5. The molecule has 142 valence electrons. The fourth-order valence-corrected chi connectivity index (χ4v) is 4.04. The molecule has 2 aromatic carbocycles. The Balaban J connectivity index is 1.77. The van der Waals surface area contributed by atoms with Crippen molar-refractivity contribution in [2.24, 2.45) is 0 Å². The highest BCUT2D eigenvalue weighted by Gasteiger charge is 2.25. The van der Waals surface area contributed by atoms with Gasteiger partial charge in [0.25, 0.3) is 11.6 Å². The fraction of sp³-hybridized carbons (Fsp3) is 0.350. The molecule has 2 aromatic rings. The van der Waals surface area contributed by atoms with E-state index in [0.29, 0.717) is 29.6 Å². The molecule has 3 rings (SSSR count). The molecule has 27 heavy (non-hydrogen) atoms. The molecule has 7 heteroatoms. The Labute approximate surface area is 163 Å². The van der Waals surface area contributed by atoms with Gasteiger partial charge in [-0.3, -0.25) is 19.8 Å². The molecule has 1 heterocycles. The van der Waals surface area contributed by atoms with Crippen LogP contribution in [0.15, 0.2) is 58.3 Å². The number of carbonyl (C=O) groups is 1. The monoisotopic (exact) mass is 385 g/mol. The van der Waals surface area contributed by atoms with Gasteiger partial charge in [-0.05, 0) is 38.1 Å². The summed E-state index contributed by atoms with van der Waals surface area (Å²) in [5.41, 5.74) is 0.340. The average molecular weight is 385 g/mol. The highest BCUT2D eigenvalue weighted by molar-refractivity contribution is 7.99. The first-order valence-corrected chi connectivity index (χ1v) is 9.82. The Morgan fingerprint density at radius 3 is 2.33 bits per heavy atom. The zero-order valence-corrected chi connectivity index (χ0v) is 16.3. The molecule has 0 N–H and O–H groups in total. The van der Waals surface area contributed by atoms with E-state index in [-0.39, 0.29) is 11.6 Å². The van der Waals surface area contributed by atoms with Gasteiger partial charge in [0, 0.05) is 48.7 Å². The van der Waals surface area contributed by atoms with Crippen LogP contribution >= 0.6 is 11.8 Å². The fourth-order valence-electron chi connectivity index (χ4n) is 3.12. The number of nitrogens with zero attached hydrogens (tertiary/aromatic N) is 3. The minimum absolute atomic E-state index is 0.0319. The van der Waals surface area contributed by atoms with Crippen molar-refractivity contribution in [3.63, 3.8) is 0 Å². The van der Waals surface area contributed by atoms with Gasteiger partial charge in [-0.1, -0.05) is 30.0 Å². The number of hydrogen-bond donors (Lipinski definition) is 0. The Bertz CT molecular complexity index is 818. The summed E-state index contributed by atoms with van der Waals surface area (Å²) in [7, 11) is 0. The summed E-state index contributed by atoms with van der Waals surface area (Å²) in [5.74, 6) is -0.141. The normalized spacial score (nSPS) is 15.1. The molecule has 0 bridgehead atoms. The minimum atomic E-state index is -0.418. The molecule has 1 fully saturated rings. The first-order valence-electron chi connectivity index (χ1n) is 9.00. The van der Waals surface area contributed by atoms with Crippen LogP contribution in [0, 0.1) is 10.1 Å². The van der Waals surface area contributed by atoms with Crippen LogP contribution in [0.1, 0.15) is 24.2 Å². The lowest BCUT2D eigenvalue weighted by molar-refractivity contribution is -0.387. The van der Waals surface area contributed by atoms with Gasteiger partial charge < -0.3 is 4.90 Å². The van der Waals surface area contributed by atoms with Crippen LogP contribution in [0.2, 0.25) is 0 Å². The predicted molar refractivity (Wildman–Crippen MR) is 106 cm³/mol. The van der Waals surface area contributed by atoms with Crippen LogP contribution in [-0.4, -0.2) is 52.9 Å². The third kappa shape index (κ3) is 4.67. The maximum Gasteiger partial charge on any atom is 0.284 e. The molecule has 0 saturated carbocycles. The van der Waals surface area contributed by atoms with E-state index in [9.17, 15) is 14.9 Å². The molecule has 0 radical (unpaired) electrons. The SMILES string of the molecule is CC(C)N1CCN(C(=O)c2ccc(Sc3ccccc3)c([N+](=O)[O-])c2)CC1. The number of nitro benzene ring substituents is 1. The van der Waals surface area contributed by atoms with Crippen LogP contribution in [0.4, 0.5) is 5.69 Å². The largest absolute Gasteiger partial charge is 0.336 e. The standard InChI is InChI=1S/C20H23N3O3S/c1-15(2)21-10-12-22(13-11-21)20(24)16-8-9-19(18(14-16)23(25)26)27-17-6-4-3-5-7-17/h3-9,14-15H,10-13H2,1-2H3. The van der Waals surface area contributed by atoms with Crippen molar-refractivity contribution in [2.75, 3.05) is 26.2 Å². The number of carbonyl (C=O) groups excluding carboxylic acids is 1. The van der Waals surface area contributed by atoms with Gasteiger partial charge in [-0.15, -0.1) is 0 Å². The Hall–Kier alpha value is -2.38. The molecule has 1 saturated heterocycles. The highest BCUT2D eigenvalue weighted by atomic mass is 32.2. The number of rotatable bonds is 5. The maximum absolute atomic E-state index is 12.8. The van der Waals surface area contributed by atoms with E-state index in [2.05, 4.69) is 18.7 Å². The second-order valence-corrected chi connectivity index (χ2v) is 7.89. The van der Waals surface area contributed by atoms with Crippen LogP contribution in [0.5, 0.6) is 0 Å². The molecule has 0 aliphatic carbocycles. The van der Waals surface area contributed by atoms with Crippen molar-refractivity contribution in [3.05, 3.63) is 64.2 Å². The molecule has 1 aliphatic heterocycles. The second kappa shape index (κ2) is 8.54. The average Bonchev–Trinajstić information content (AvgIpc) is 2.68. The number of hydrogen-bond acceptors (Lipinski definition) is 5. The van der Waals surface area contributed by atoms with Crippen molar-refractivity contribution >= 4 is 23.4 Å². The third-order valence-corrected chi connectivity index (χ3v) is 5.78. The molecule has 6 nitrogen and oxygen atoms in total. The van der Waals surface area contributed by atoms with Gasteiger partial charge in [0.2, 0.25) is 0 Å². The van der Waals surface area contributed by atoms with Crippen molar-refractivity contribution in [2.45, 2.75) is 29.7 Å². The number of benzene rings is 2. The van der Waals surface area contributed by atoms with E-state index in [1.807, 2.05) is 30.3 Å². The van der Waals surface area contributed by atoms with Crippen LogP contribution in [-0.2, 0) is 0 Å². The predicted octanol–water partition coefficient (Wildman–Crippen LogP) is 3.91. The van der Waals surface area contributed by atoms with Gasteiger partial charge in [-0.25, -0.2) is 0 Å². The van der Waals surface area contributed by atoms with Gasteiger partial charge in [-0.2, -0.15) is 0 Å². The summed E-state index contributed by atoms with van der Waals surface area (Å²) in [4.78, 5) is 29.5. The van der Waals surface area contributed by atoms with Crippen molar-refractivity contribution < 1.29 is 9.72 Å². The number of nitro groups is 1. The van der Waals surface area contributed by atoms with E-state index in [4.69, 9.17) is 0 Å². The molecule has 1 aliphatic rings. The Morgan fingerprint density at radius 1 is 1.07 bits per heavy atom. The maximum atomic E-state index is 12.8. The van der Waals surface area contributed by atoms with Gasteiger partial charge in [0.15, 0.2) is 0 Å². The lowest BCUT2D eigenvalue weighted by atomic mass is 10.1. The van der Waals surface area contributed by atoms with E-state index >= 15 is 0 Å². The van der Waals surface area contributed by atoms with E-state index < -0.39 is 4.92 Å². The lowest BCUT2D eigenvalue weighted by Gasteiger charge is -2.36. The molecule has 0 aromatic heterocycles. The van der Waals surface area contributed by atoms with Gasteiger partial charge >= 0.3 is 0 Å². The first-order chi connectivity index (χ1) is 13.0. The summed E-state index contributed by atoms with van der Waals surface area (Å²) >= 11 is 1.33. The molecular weight excluding hydrogens is 362 g/mol. The summed E-state index contributed by atoms with van der Waals surface area (Å²) in [6.07, 6.45) is 0. The van der Waals surface area contributed by atoms with Crippen LogP contribution in [0.3, 0.4) is 0 Å². The molecule has 0 spiro atoms.